The molecular formula is C18H26N2. The molecular weight excluding hydrogens is 244 g/mol. The Hall–Kier alpha value is -0.860. The lowest BCUT2D eigenvalue weighted by Gasteiger charge is -2.32. The molecule has 2 aliphatic carbocycles. The SMILES string of the molecule is Cc1ccc2c(c1)C(N(CC1CCCN1)C1CC1)CC2. The van der Waals surface area contributed by atoms with Gasteiger partial charge in [-0.05, 0) is 63.1 Å². The van der Waals surface area contributed by atoms with Crippen molar-refractivity contribution in [2.45, 2.75) is 63.6 Å². The average molecular weight is 270 g/mol. The van der Waals surface area contributed by atoms with Gasteiger partial charge in [0.2, 0.25) is 0 Å². The van der Waals surface area contributed by atoms with E-state index in [1.165, 1.54) is 57.2 Å². The fourth-order valence-corrected chi connectivity index (χ4v) is 4.15. The van der Waals surface area contributed by atoms with Crippen LogP contribution in [0.25, 0.3) is 0 Å². The van der Waals surface area contributed by atoms with Crippen molar-refractivity contribution in [1.82, 2.24) is 10.2 Å². The maximum atomic E-state index is 3.69. The van der Waals surface area contributed by atoms with E-state index >= 15 is 0 Å². The van der Waals surface area contributed by atoms with Crippen molar-refractivity contribution in [2.75, 3.05) is 13.1 Å². The fourth-order valence-electron chi connectivity index (χ4n) is 4.15. The number of rotatable bonds is 4. The van der Waals surface area contributed by atoms with Gasteiger partial charge in [-0.2, -0.15) is 0 Å². The van der Waals surface area contributed by atoms with Gasteiger partial charge in [-0.3, -0.25) is 4.90 Å². The summed E-state index contributed by atoms with van der Waals surface area (Å²) >= 11 is 0. The topological polar surface area (TPSA) is 15.3 Å². The van der Waals surface area contributed by atoms with Crippen LogP contribution < -0.4 is 5.32 Å². The number of hydrogen-bond donors (Lipinski definition) is 1. The van der Waals surface area contributed by atoms with Crippen molar-refractivity contribution in [2.24, 2.45) is 0 Å². The Labute approximate surface area is 122 Å². The molecule has 2 unspecified atom stereocenters. The molecule has 3 aliphatic rings. The highest BCUT2D eigenvalue weighted by Gasteiger charge is 2.38. The number of benzene rings is 1. The highest BCUT2D eigenvalue weighted by Crippen LogP contribution is 2.42. The first-order valence-electron chi connectivity index (χ1n) is 8.40. The van der Waals surface area contributed by atoms with Crippen LogP contribution in [-0.4, -0.2) is 30.1 Å². The minimum Gasteiger partial charge on any atom is -0.313 e. The molecule has 0 spiro atoms. The Balaban J connectivity index is 1.57. The number of hydrogen-bond acceptors (Lipinski definition) is 2. The van der Waals surface area contributed by atoms with Crippen molar-refractivity contribution in [3.05, 3.63) is 34.9 Å². The molecule has 0 radical (unpaired) electrons. The summed E-state index contributed by atoms with van der Waals surface area (Å²) in [4.78, 5) is 2.84. The quantitative estimate of drug-likeness (QED) is 0.904. The Morgan fingerprint density at radius 3 is 2.85 bits per heavy atom. The Morgan fingerprint density at radius 2 is 2.10 bits per heavy atom. The summed E-state index contributed by atoms with van der Waals surface area (Å²) in [5.74, 6) is 0. The Kier molecular flexibility index (Phi) is 3.31. The van der Waals surface area contributed by atoms with E-state index in [0.717, 1.165) is 12.1 Å². The van der Waals surface area contributed by atoms with Crippen molar-refractivity contribution in [3.8, 4) is 0 Å². The van der Waals surface area contributed by atoms with E-state index in [2.05, 4.69) is 35.3 Å². The zero-order valence-corrected chi connectivity index (χ0v) is 12.6. The number of nitrogens with zero attached hydrogens (tertiary/aromatic N) is 1. The largest absolute Gasteiger partial charge is 0.313 e. The first-order valence-corrected chi connectivity index (χ1v) is 8.40. The lowest BCUT2D eigenvalue weighted by atomic mass is 10.0. The molecule has 0 amide bonds. The Bertz CT molecular complexity index is 486. The highest BCUT2D eigenvalue weighted by molar-refractivity contribution is 5.38. The number of nitrogens with one attached hydrogen (secondary N) is 1. The van der Waals surface area contributed by atoms with Crippen molar-refractivity contribution >= 4 is 0 Å². The summed E-state index contributed by atoms with van der Waals surface area (Å²) in [7, 11) is 0. The van der Waals surface area contributed by atoms with Gasteiger partial charge in [0.05, 0.1) is 0 Å². The van der Waals surface area contributed by atoms with Crippen LogP contribution in [0.5, 0.6) is 0 Å². The van der Waals surface area contributed by atoms with Gasteiger partial charge in [-0.25, -0.2) is 0 Å². The first-order chi connectivity index (χ1) is 9.81. The molecule has 0 aromatic heterocycles. The molecule has 1 saturated heterocycles. The second-order valence-electron chi connectivity index (χ2n) is 6.98. The summed E-state index contributed by atoms with van der Waals surface area (Å²) in [5.41, 5.74) is 4.66. The molecule has 108 valence electrons. The first kappa shape index (κ1) is 12.8. The molecule has 1 saturated carbocycles. The summed E-state index contributed by atoms with van der Waals surface area (Å²) in [6.45, 7) is 4.72. The predicted molar refractivity (Wildman–Crippen MR) is 83.0 cm³/mol. The third-order valence-corrected chi connectivity index (χ3v) is 5.36. The number of aryl methyl sites for hydroxylation is 2. The van der Waals surface area contributed by atoms with Crippen molar-refractivity contribution in [3.63, 3.8) is 0 Å². The molecule has 2 nitrogen and oxygen atoms in total. The molecule has 1 N–H and O–H groups in total. The summed E-state index contributed by atoms with van der Waals surface area (Å²) in [5, 5.41) is 3.69. The van der Waals surface area contributed by atoms with Gasteiger partial charge in [-0.15, -0.1) is 0 Å². The molecule has 1 aromatic rings. The van der Waals surface area contributed by atoms with Crippen LogP contribution in [0.1, 0.15) is 54.8 Å². The monoisotopic (exact) mass is 270 g/mol. The van der Waals surface area contributed by atoms with Crippen LogP contribution in [0.15, 0.2) is 18.2 Å². The fraction of sp³-hybridized carbons (Fsp3) is 0.667. The smallest absolute Gasteiger partial charge is 0.0357 e. The maximum Gasteiger partial charge on any atom is 0.0357 e. The van der Waals surface area contributed by atoms with E-state index in [0.29, 0.717) is 6.04 Å². The van der Waals surface area contributed by atoms with E-state index < -0.39 is 0 Å². The van der Waals surface area contributed by atoms with Crippen molar-refractivity contribution < 1.29 is 0 Å². The van der Waals surface area contributed by atoms with E-state index in [4.69, 9.17) is 0 Å². The normalized spacial score (nSPS) is 29.1. The zero-order valence-electron chi connectivity index (χ0n) is 12.6. The molecule has 2 atom stereocenters. The van der Waals surface area contributed by atoms with Crippen LogP contribution >= 0.6 is 0 Å². The van der Waals surface area contributed by atoms with Gasteiger partial charge in [0.1, 0.15) is 0 Å². The molecule has 1 aliphatic heterocycles. The average Bonchev–Trinajstić information content (AvgIpc) is 3.00. The minimum atomic E-state index is 0.694. The molecule has 2 fully saturated rings. The van der Waals surface area contributed by atoms with Gasteiger partial charge in [0, 0.05) is 24.7 Å². The van der Waals surface area contributed by atoms with E-state index in [1.54, 1.807) is 11.1 Å². The van der Waals surface area contributed by atoms with Crippen LogP contribution in [0, 0.1) is 6.92 Å². The molecule has 4 rings (SSSR count). The Morgan fingerprint density at radius 1 is 1.20 bits per heavy atom. The van der Waals surface area contributed by atoms with Crippen LogP contribution in [-0.2, 0) is 6.42 Å². The predicted octanol–water partition coefficient (Wildman–Crippen LogP) is 3.20. The molecule has 20 heavy (non-hydrogen) atoms. The number of fused-ring (bicyclic) bond motifs is 1. The van der Waals surface area contributed by atoms with E-state index in [1.807, 2.05) is 0 Å². The van der Waals surface area contributed by atoms with Gasteiger partial charge in [0.25, 0.3) is 0 Å². The molecule has 0 bridgehead atoms. The molecule has 1 heterocycles. The standard InChI is InChI=1S/C18H26N2/c1-13-4-5-14-6-9-18(17(14)11-13)20(16-7-8-16)12-15-3-2-10-19-15/h4-5,11,15-16,18-19H,2-3,6-10,12H2,1H3. The van der Waals surface area contributed by atoms with E-state index in [9.17, 15) is 0 Å². The highest BCUT2D eigenvalue weighted by atomic mass is 15.2. The van der Waals surface area contributed by atoms with E-state index in [-0.39, 0.29) is 0 Å². The minimum absolute atomic E-state index is 0.694. The second kappa shape index (κ2) is 5.16. The lowest BCUT2D eigenvalue weighted by Crippen LogP contribution is -2.40. The van der Waals surface area contributed by atoms with Gasteiger partial charge < -0.3 is 5.32 Å². The second-order valence-corrected chi connectivity index (χ2v) is 6.98. The molecule has 1 aromatic carbocycles. The van der Waals surface area contributed by atoms with Crippen LogP contribution in [0.4, 0.5) is 0 Å². The van der Waals surface area contributed by atoms with Gasteiger partial charge >= 0.3 is 0 Å². The van der Waals surface area contributed by atoms with Crippen LogP contribution in [0.3, 0.4) is 0 Å². The third-order valence-electron chi connectivity index (χ3n) is 5.36. The summed E-state index contributed by atoms with van der Waals surface area (Å²) < 4.78 is 0. The third kappa shape index (κ3) is 2.40. The van der Waals surface area contributed by atoms with Gasteiger partial charge in [-0.1, -0.05) is 23.8 Å². The van der Waals surface area contributed by atoms with Gasteiger partial charge in [0.15, 0.2) is 0 Å². The van der Waals surface area contributed by atoms with Crippen LogP contribution in [0.2, 0.25) is 0 Å². The summed E-state index contributed by atoms with van der Waals surface area (Å²) in [6, 6.07) is 9.40. The molecule has 2 heteroatoms. The lowest BCUT2D eigenvalue weighted by molar-refractivity contribution is 0.170. The zero-order chi connectivity index (χ0) is 13.5. The summed E-state index contributed by atoms with van der Waals surface area (Å²) in [6.07, 6.45) is 8.19. The maximum absolute atomic E-state index is 3.69. The van der Waals surface area contributed by atoms with Crippen molar-refractivity contribution in [1.29, 1.82) is 0 Å².